The van der Waals surface area contributed by atoms with Gasteiger partial charge in [0, 0.05) is 18.8 Å². The fraction of sp³-hybridized carbons (Fsp3) is 0.727. The minimum Gasteiger partial charge on any atom is -0.481 e. The third-order valence-electron chi connectivity index (χ3n) is 6.07. The van der Waals surface area contributed by atoms with E-state index < -0.39 is 5.97 Å². The number of carboxylic acid groups (broad SMARTS) is 1. The van der Waals surface area contributed by atoms with E-state index in [1.54, 1.807) is 0 Å². The standard InChI is InChI=1S/C22H34O4/c1-16-8-10-18(11-9-16)20(23)14-12-17-13-15-21(24)19(17)6-4-2-3-5-7-22(25)26/h2,4,12,14,16-20,23H,3,5-11,13,15H2,1H3,(H,25,26)/b4-2-,14-12+/t16?,17-,18?,19+,20?/m0/s1. The van der Waals surface area contributed by atoms with Crippen molar-refractivity contribution in [2.75, 3.05) is 0 Å². The summed E-state index contributed by atoms with van der Waals surface area (Å²) in [4.78, 5) is 22.7. The third-order valence-corrected chi connectivity index (χ3v) is 6.07. The molecule has 2 aliphatic carbocycles. The number of ketones is 1. The lowest BCUT2D eigenvalue weighted by Gasteiger charge is -2.28. The molecular weight excluding hydrogens is 328 g/mol. The van der Waals surface area contributed by atoms with Crippen molar-refractivity contribution in [2.24, 2.45) is 23.7 Å². The Morgan fingerprint density at radius 2 is 1.92 bits per heavy atom. The zero-order valence-electron chi connectivity index (χ0n) is 16.0. The van der Waals surface area contributed by atoms with Gasteiger partial charge in [0.05, 0.1) is 6.10 Å². The lowest BCUT2D eigenvalue weighted by molar-refractivity contribution is -0.137. The lowest BCUT2D eigenvalue weighted by atomic mass is 9.80. The molecule has 0 bridgehead atoms. The molecule has 0 saturated heterocycles. The highest BCUT2D eigenvalue weighted by Gasteiger charge is 2.32. The molecule has 3 atom stereocenters. The van der Waals surface area contributed by atoms with Gasteiger partial charge in [-0.3, -0.25) is 9.59 Å². The number of rotatable bonds is 9. The quantitative estimate of drug-likeness (QED) is 0.467. The van der Waals surface area contributed by atoms with Crippen LogP contribution < -0.4 is 0 Å². The first-order valence-corrected chi connectivity index (χ1v) is 10.2. The molecule has 2 N–H and O–H groups in total. The topological polar surface area (TPSA) is 74.6 Å². The van der Waals surface area contributed by atoms with Gasteiger partial charge in [0.15, 0.2) is 0 Å². The number of hydrogen-bond acceptors (Lipinski definition) is 3. The van der Waals surface area contributed by atoms with Gasteiger partial charge in [-0.25, -0.2) is 0 Å². The van der Waals surface area contributed by atoms with Gasteiger partial charge in [-0.15, -0.1) is 0 Å². The van der Waals surface area contributed by atoms with E-state index in [0.717, 1.165) is 38.0 Å². The van der Waals surface area contributed by atoms with Gasteiger partial charge in [0.25, 0.3) is 0 Å². The maximum absolute atomic E-state index is 12.2. The molecule has 0 aromatic heterocycles. The SMILES string of the molecule is CC1CCC(C(O)/C=C/[C@H]2CCC(=O)[C@@H]2C/C=C\CCCC(=O)O)CC1. The lowest BCUT2D eigenvalue weighted by Crippen LogP contribution is -2.23. The van der Waals surface area contributed by atoms with E-state index in [0.29, 0.717) is 24.5 Å². The number of aliphatic carboxylic acids is 1. The van der Waals surface area contributed by atoms with Crippen molar-refractivity contribution in [1.29, 1.82) is 0 Å². The largest absolute Gasteiger partial charge is 0.481 e. The summed E-state index contributed by atoms with van der Waals surface area (Å²) in [6.07, 6.45) is 16.0. The molecule has 2 saturated carbocycles. The summed E-state index contributed by atoms with van der Waals surface area (Å²) in [7, 11) is 0. The van der Waals surface area contributed by atoms with Crippen LogP contribution in [0.4, 0.5) is 0 Å². The highest BCUT2D eigenvalue weighted by atomic mass is 16.4. The van der Waals surface area contributed by atoms with Gasteiger partial charge in [-0.1, -0.05) is 44.1 Å². The molecule has 0 spiro atoms. The summed E-state index contributed by atoms with van der Waals surface area (Å²) in [5.74, 6) is 0.939. The molecule has 4 nitrogen and oxygen atoms in total. The van der Waals surface area contributed by atoms with Gasteiger partial charge in [0.1, 0.15) is 5.78 Å². The number of carboxylic acids is 1. The van der Waals surface area contributed by atoms with Crippen LogP contribution in [0, 0.1) is 23.7 Å². The van der Waals surface area contributed by atoms with Crippen LogP contribution in [0.5, 0.6) is 0 Å². The average molecular weight is 363 g/mol. The summed E-state index contributed by atoms with van der Waals surface area (Å²) in [5.41, 5.74) is 0. The van der Waals surface area contributed by atoms with Crippen LogP contribution in [0.15, 0.2) is 24.3 Å². The van der Waals surface area contributed by atoms with Crippen LogP contribution in [0.25, 0.3) is 0 Å². The van der Waals surface area contributed by atoms with E-state index >= 15 is 0 Å². The van der Waals surface area contributed by atoms with E-state index in [-0.39, 0.29) is 24.4 Å². The zero-order chi connectivity index (χ0) is 18.9. The second-order valence-corrected chi connectivity index (χ2v) is 8.16. The zero-order valence-corrected chi connectivity index (χ0v) is 16.0. The Bertz CT molecular complexity index is 514. The third kappa shape index (κ3) is 6.71. The number of aliphatic hydroxyl groups excluding tert-OH is 1. The Morgan fingerprint density at radius 1 is 1.19 bits per heavy atom. The van der Waals surface area contributed by atoms with Crippen molar-refractivity contribution >= 4 is 11.8 Å². The molecule has 146 valence electrons. The van der Waals surface area contributed by atoms with Gasteiger partial charge in [-0.2, -0.15) is 0 Å². The van der Waals surface area contributed by atoms with Crippen LogP contribution >= 0.6 is 0 Å². The molecule has 2 aliphatic rings. The Labute approximate surface area is 157 Å². The van der Waals surface area contributed by atoms with Gasteiger partial charge >= 0.3 is 5.97 Å². The number of hydrogen-bond donors (Lipinski definition) is 2. The predicted octanol–water partition coefficient (Wildman–Crippen LogP) is 4.53. The first kappa shape index (κ1) is 20.9. The van der Waals surface area contributed by atoms with Crippen molar-refractivity contribution in [3.05, 3.63) is 24.3 Å². The summed E-state index contributed by atoms with van der Waals surface area (Å²) in [6, 6.07) is 0. The molecule has 2 fully saturated rings. The molecule has 0 aromatic rings. The molecule has 0 aliphatic heterocycles. The maximum Gasteiger partial charge on any atom is 0.303 e. The minimum absolute atomic E-state index is 0.0144. The summed E-state index contributed by atoms with van der Waals surface area (Å²) in [6.45, 7) is 2.28. The van der Waals surface area contributed by atoms with Crippen LogP contribution in [-0.4, -0.2) is 28.1 Å². The molecule has 26 heavy (non-hydrogen) atoms. The fourth-order valence-corrected chi connectivity index (χ4v) is 4.24. The van der Waals surface area contributed by atoms with E-state index in [1.165, 1.54) is 12.8 Å². The van der Waals surface area contributed by atoms with Crippen molar-refractivity contribution in [3.8, 4) is 0 Å². The number of carbonyl (C=O) groups excluding carboxylic acids is 1. The Hall–Kier alpha value is -1.42. The highest BCUT2D eigenvalue weighted by Crippen LogP contribution is 2.34. The van der Waals surface area contributed by atoms with Crippen LogP contribution in [-0.2, 0) is 9.59 Å². The van der Waals surface area contributed by atoms with Crippen LogP contribution in [0.3, 0.4) is 0 Å². The second kappa shape index (κ2) is 10.7. The Kier molecular flexibility index (Phi) is 8.56. The summed E-state index contributed by atoms with van der Waals surface area (Å²) >= 11 is 0. The van der Waals surface area contributed by atoms with E-state index in [1.807, 2.05) is 18.2 Å². The summed E-state index contributed by atoms with van der Waals surface area (Å²) < 4.78 is 0. The number of carbonyl (C=O) groups is 2. The average Bonchev–Trinajstić information content (AvgIpc) is 2.96. The second-order valence-electron chi connectivity index (χ2n) is 8.16. The highest BCUT2D eigenvalue weighted by molar-refractivity contribution is 5.83. The first-order valence-electron chi connectivity index (χ1n) is 10.2. The maximum atomic E-state index is 12.2. The molecule has 2 rings (SSSR count). The van der Waals surface area contributed by atoms with Gasteiger partial charge in [0.2, 0.25) is 0 Å². The fourth-order valence-electron chi connectivity index (χ4n) is 4.24. The van der Waals surface area contributed by atoms with E-state index in [4.69, 9.17) is 5.11 Å². The normalized spacial score (nSPS) is 31.1. The number of allylic oxidation sites excluding steroid dienone is 3. The van der Waals surface area contributed by atoms with E-state index in [9.17, 15) is 14.7 Å². The van der Waals surface area contributed by atoms with Crippen molar-refractivity contribution in [3.63, 3.8) is 0 Å². The Balaban J connectivity index is 1.78. The predicted molar refractivity (Wildman–Crippen MR) is 103 cm³/mol. The van der Waals surface area contributed by atoms with Gasteiger partial charge < -0.3 is 10.2 Å². The van der Waals surface area contributed by atoms with Crippen molar-refractivity contribution in [1.82, 2.24) is 0 Å². The first-order chi connectivity index (χ1) is 12.5. The number of Topliss-reactive ketones (excluding diaryl/α,β-unsaturated/α-hetero) is 1. The monoisotopic (exact) mass is 362 g/mol. The van der Waals surface area contributed by atoms with Crippen LogP contribution in [0.2, 0.25) is 0 Å². The number of aliphatic hydroxyl groups is 1. The molecule has 0 aromatic carbocycles. The smallest absolute Gasteiger partial charge is 0.303 e. The summed E-state index contributed by atoms with van der Waals surface area (Å²) in [5, 5.41) is 19.1. The Morgan fingerprint density at radius 3 is 2.62 bits per heavy atom. The van der Waals surface area contributed by atoms with Crippen molar-refractivity contribution in [2.45, 2.75) is 77.2 Å². The van der Waals surface area contributed by atoms with E-state index in [2.05, 4.69) is 13.0 Å². The molecule has 4 heteroatoms. The van der Waals surface area contributed by atoms with Gasteiger partial charge in [-0.05, 0) is 56.3 Å². The minimum atomic E-state index is -0.763. The number of unbranched alkanes of at least 4 members (excludes halogenated alkanes) is 1. The molecular formula is C22H34O4. The molecule has 0 amide bonds. The molecule has 1 unspecified atom stereocenters. The van der Waals surface area contributed by atoms with Crippen LogP contribution in [0.1, 0.15) is 71.1 Å². The molecule has 0 heterocycles. The molecule has 0 radical (unpaired) electrons. The van der Waals surface area contributed by atoms with Crippen molar-refractivity contribution < 1.29 is 19.8 Å².